The summed E-state index contributed by atoms with van der Waals surface area (Å²) in [6.45, 7) is 2.01. The number of benzene rings is 2. The summed E-state index contributed by atoms with van der Waals surface area (Å²) in [5.74, 6) is -0.00791. The molecule has 5 heteroatoms. The number of fused-ring (bicyclic) bond motifs is 1. The second kappa shape index (κ2) is 7.07. The predicted octanol–water partition coefficient (Wildman–Crippen LogP) is 2.88. The molecule has 0 radical (unpaired) electrons. The minimum absolute atomic E-state index is 0.00791. The summed E-state index contributed by atoms with van der Waals surface area (Å²) in [5, 5.41) is 2.95. The maximum atomic E-state index is 12.0. The van der Waals surface area contributed by atoms with Crippen molar-refractivity contribution < 1.29 is 9.53 Å². The molecular weight excluding hydrogens is 314 g/mol. The van der Waals surface area contributed by atoms with Gasteiger partial charge in [-0.3, -0.25) is 4.79 Å². The van der Waals surface area contributed by atoms with Gasteiger partial charge in [-0.05, 0) is 36.1 Å². The van der Waals surface area contributed by atoms with E-state index < -0.39 is 0 Å². The third kappa shape index (κ3) is 3.56. The number of ether oxygens (including phenoxy) is 1. The second-order valence-electron chi connectivity index (χ2n) is 6.40. The molecule has 1 aromatic heterocycles. The number of hydrogen-bond donors (Lipinski definition) is 1. The summed E-state index contributed by atoms with van der Waals surface area (Å²) < 4.78 is 7.54. The van der Waals surface area contributed by atoms with Crippen LogP contribution in [-0.2, 0) is 22.6 Å². The average Bonchev–Trinajstić information content (AvgIpc) is 3.32. The van der Waals surface area contributed by atoms with E-state index in [1.165, 1.54) is 5.56 Å². The van der Waals surface area contributed by atoms with Crippen LogP contribution in [0.25, 0.3) is 11.0 Å². The highest BCUT2D eigenvalue weighted by Gasteiger charge is 2.22. The summed E-state index contributed by atoms with van der Waals surface area (Å²) in [6, 6.07) is 16.4. The number of imidazole rings is 1. The largest absolute Gasteiger partial charge is 0.368 e. The molecule has 1 amide bonds. The Bertz CT molecular complexity index is 864. The molecule has 2 aromatic carbocycles. The highest BCUT2D eigenvalue weighted by molar-refractivity contribution is 5.80. The maximum Gasteiger partial charge on any atom is 0.249 e. The molecule has 1 atom stereocenters. The van der Waals surface area contributed by atoms with Crippen LogP contribution in [0, 0.1) is 0 Å². The topological polar surface area (TPSA) is 56.2 Å². The Labute approximate surface area is 146 Å². The van der Waals surface area contributed by atoms with Crippen LogP contribution in [0.15, 0.2) is 54.9 Å². The Morgan fingerprint density at radius 2 is 1.96 bits per heavy atom. The molecule has 0 bridgehead atoms. The van der Waals surface area contributed by atoms with E-state index >= 15 is 0 Å². The van der Waals surface area contributed by atoms with E-state index in [1.54, 1.807) is 0 Å². The SMILES string of the molecule is O=C(NCc1ccc(Cn2cnc3ccccc32)cc1)C1CCCO1. The van der Waals surface area contributed by atoms with Gasteiger partial charge in [0.2, 0.25) is 5.91 Å². The minimum atomic E-state index is -0.270. The molecular formula is C20H21N3O2. The number of carbonyl (C=O) groups excluding carboxylic acids is 1. The molecule has 5 nitrogen and oxygen atoms in total. The lowest BCUT2D eigenvalue weighted by atomic mass is 10.1. The molecule has 1 aliphatic rings. The standard InChI is InChI=1S/C20H21N3O2/c24-20(19-6-3-11-25-19)21-12-15-7-9-16(10-8-15)13-23-14-22-17-4-1-2-5-18(17)23/h1-2,4-5,7-10,14,19H,3,6,11-13H2,(H,21,24). The average molecular weight is 335 g/mol. The van der Waals surface area contributed by atoms with E-state index in [2.05, 4.69) is 45.2 Å². The fourth-order valence-corrected chi connectivity index (χ4v) is 3.18. The number of rotatable bonds is 5. The van der Waals surface area contributed by atoms with Crippen molar-refractivity contribution in [2.24, 2.45) is 0 Å². The van der Waals surface area contributed by atoms with Crippen molar-refractivity contribution in [1.29, 1.82) is 0 Å². The Hall–Kier alpha value is -2.66. The zero-order valence-corrected chi connectivity index (χ0v) is 14.0. The maximum absolute atomic E-state index is 12.0. The summed E-state index contributed by atoms with van der Waals surface area (Å²) >= 11 is 0. The van der Waals surface area contributed by atoms with Crippen molar-refractivity contribution >= 4 is 16.9 Å². The predicted molar refractivity (Wildman–Crippen MR) is 96.1 cm³/mol. The fraction of sp³-hybridized carbons (Fsp3) is 0.300. The van der Waals surface area contributed by atoms with Crippen molar-refractivity contribution in [3.63, 3.8) is 0 Å². The van der Waals surface area contributed by atoms with Gasteiger partial charge in [0.05, 0.1) is 17.4 Å². The lowest BCUT2D eigenvalue weighted by molar-refractivity contribution is -0.130. The lowest BCUT2D eigenvalue weighted by Crippen LogP contribution is -2.33. The van der Waals surface area contributed by atoms with E-state index in [9.17, 15) is 4.79 Å². The van der Waals surface area contributed by atoms with Gasteiger partial charge in [-0.25, -0.2) is 4.98 Å². The molecule has 2 heterocycles. The van der Waals surface area contributed by atoms with Crippen LogP contribution in [-0.4, -0.2) is 28.2 Å². The number of carbonyl (C=O) groups is 1. The van der Waals surface area contributed by atoms with Gasteiger partial charge in [-0.15, -0.1) is 0 Å². The van der Waals surface area contributed by atoms with Crippen LogP contribution in [0.2, 0.25) is 0 Å². The third-order valence-corrected chi connectivity index (χ3v) is 4.59. The van der Waals surface area contributed by atoms with Crippen molar-refractivity contribution in [2.75, 3.05) is 6.61 Å². The molecule has 128 valence electrons. The first-order valence-corrected chi connectivity index (χ1v) is 8.66. The fourth-order valence-electron chi connectivity index (χ4n) is 3.18. The van der Waals surface area contributed by atoms with Gasteiger partial charge < -0.3 is 14.6 Å². The van der Waals surface area contributed by atoms with Crippen LogP contribution in [0.3, 0.4) is 0 Å². The van der Waals surface area contributed by atoms with Crippen molar-refractivity contribution in [3.8, 4) is 0 Å². The van der Waals surface area contributed by atoms with Crippen molar-refractivity contribution in [2.45, 2.75) is 32.0 Å². The molecule has 4 rings (SSSR count). The zero-order valence-electron chi connectivity index (χ0n) is 14.0. The van der Waals surface area contributed by atoms with Gasteiger partial charge in [-0.2, -0.15) is 0 Å². The lowest BCUT2D eigenvalue weighted by Gasteiger charge is -2.11. The van der Waals surface area contributed by atoms with E-state index in [1.807, 2.05) is 24.5 Å². The zero-order chi connectivity index (χ0) is 17.1. The highest BCUT2D eigenvalue weighted by Crippen LogP contribution is 2.15. The van der Waals surface area contributed by atoms with Gasteiger partial charge in [0.25, 0.3) is 0 Å². The Morgan fingerprint density at radius 3 is 2.76 bits per heavy atom. The van der Waals surface area contributed by atoms with E-state index in [0.717, 1.165) is 36.0 Å². The van der Waals surface area contributed by atoms with Crippen molar-refractivity contribution in [3.05, 3.63) is 66.0 Å². The molecule has 25 heavy (non-hydrogen) atoms. The molecule has 1 fully saturated rings. The number of para-hydroxylation sites is 2. The summed E-state index contributed by atoms with van der Waals surface area (Å²) in [6.07, 6.45) is 3.40. The van der Waals surface area contributed by atoms with Gasteiger partial charge in [0, 0.05) is 19.7 Å². The summed E-state index contributed by atoms with van der Waals surface area (Å²) in [5.41, 5.74) is 4.44. The number of hydrogen-bond acceptors (Lipinski definition) is 3. The van der Waals surface area contributed by atoms with Crippen LogP contribution < -0.4 is 5.32 Å². The summed E-state index contributed by atoms with van der Waals surface area (Å²) in [7, 11) is 0. The minimum Gasteiger partial charge on any atom is -0.368 e. The Morgan fingerprint density at radius 1 is 1.16 bits per heavy atom. The molecule has 1 N–H and O–H groups in total. The third-order valence-electron chi connectivity index (χ3n) is 4.59. The first kappa shape index (κ1) is 15.8. The number of nitrogens with zero attached hydrogens (tertiary/aromatic N) is 2. The van der Waals surface area contributed by atoms with Gasteiger partial charge in [0.1, 0.15) is 6.10 Å². The molecule has 1 unspecified atom stereocenters. The first-order valence-electron chi connectivity index (χ1n) is 8.66. The first-order chi connectivity index (χ1) is 12.3. The number of amides is 1. The molecule has 0 saturated carbocycles. The van der Waals surface area contributed by atoms with E-state index in [-0.39, 0.29) is 12.0 Å². The molecule has 0 aliphatic carbocycles. The highest BCUT2D eigenvalue weighted by atomic mass is 16.5. The normalized spacial score (nSPS) is 17.0. The van der Waals surface area contributed by atoms with Crippen LogP contribution in [0.1, 0.15) is 24.0 Å². The monoisotopic (exact) mass is 335 g/mol. The smallest absolute Gasteiger partial charge is 0.249 e. The van der Waals surface area contributed by atoms with Crippen LogP contribution in [0.5, 0.6) is 0 Å². The van der Waals surface area contributed by atoms with E-state index in [0.29, 0.717) is 13.2 Å². The Kier molecular flexibility index (Phi) is 4.48. The number of nitrogens with one attached hydrogen (secondary N) is 1. The van der Waals surface area contributed by atoms with Gasteiger partial charge >= 0.3 is 0 Å². The molecule has 1 saturated heterocycles. The van der Waals surface area contributed by atoms with Gasteiger partial charge in [-0.1, -0.05) is 36.4 Å². The van der Waals surface area contributed by atoms with Crippen LogP contribution in [0.4, 0.5) is 0 Å². The van der Waals surface area contributed by atoms with E-state index in [4.69, 9.17) is 4.74 Å². The van der Waals surface area contributed by atoms with Crippen molar-refractivity contribution in [1.82, 2.24) is 14.9 Å². The second-order valence-corrected chi connectivity index (χ2v) is 6.40. The summed E-state index contributed by atoms with van der Waals surface area (Å²) in [4.78, 5) is 16.4. The number of aromatic nitrogens is 2. The molecule has 1 aliphatic heterocycles. The van der Waals surface area contributed by atoms with Crippen LogP contribution >= 0.6 is 0 Å². The molecule has 0 spiro atoms. The Balaban J connectivity index is 1.37. The quantitative estimate of drug-likeness (QED) is 0.780. The van der Waals surface area contributed by atoms with Gasteiger partial charge in [0.15, 0.2) is 0 Å². The molecule has 3 aromatic rings.